The summed E-state index contributed by atoms with van der Waals surface area (Å²) in [5, 5.41) is 2.72. The molecule has 1 N–H and O–H groups in total. The third-order valence-electron chi connectivity index (χ3n) is 5.58. The van der Waals surface area contributed by atoms with E-state index < -0.39 is 30.2 Å². The van der Waals surface area contributed by atoms with Crippen LogP contribution in [0.25, 0.3) is 6.08 Å². The lowest BCUT2D eigenvalue weighted by atomic mass is 9.77. The molecule has 5 nitrogen and oxygen atoms in total. The van der Waals surface area contributed by atoms with Crippen LogP contribution in [0.15, 0.2) is 56.9 Å². The number of ether oxygens (including phenoxy) is 1. The number of amides is 1. The number of halogens is 3. The van der Waals surface area contributed by atoms with Crippen molar-refractivity contribution in [2.75, 3.05) is 6.54 Å². The monoisotopic (exact) mass is 567 g/mol. The highest BCUT2D eigenvalue weighted by atomic mass is 79.9. The topological polar surface area (TPSA) is 56.8 Å². The van der Waals surface area contributed by atoms with Crippen molar-refractivity contribution in [1.29, 1.82) is 0 Å². The molecule has 0 aliphatic carbocycles. The summed E-state index contributed by atoms with van der Waals surface area (Å²) in [7, 11) is -0.760. The molecule has 0 unspecified atom stereocenters. The lowest BCUT2D eigenvalue weighted by molar-refractivity contribution is 0.00578. The molecule has 0 bridgehead atoms. The first kappa shape index (κ1) is 25.0. The van der Waals surface area contributed by atoms with Crippen LogP contribution in [0.5, 0.6) is 0 Å². The Kier molecular flexibility index (Phi) is 7.86. The molecule has 32 heavy (non-hydrogen) atoms. The highest BCUT2D eigenvalue weighted by molar-refractivity contribution is 9.11. The quantitative estimate of drug-likeness (QED) is 0.416. The number of carbonyl (C=O) groups is 1. The zero-order valence-electron chi connectivity index (χ0n) is 18.4. The van der Waals surface area contributed by atoms with Gasteiger partial charge in [-0.05, 0) is 50.9 Å². The summed E-state index contributed by atoms with van der Waals surface area (Å²) in [6, 6.07) is 12.5. The van der Waals surface area contributed by atoms with E-state index in [4.69, 9.17) is 14.0 Å². The molecule has 0 atom stereocenters. The minimum absolute atomic E-state index is 0.0619. The van der Waals surface area contributed by atoms with Gasteiger partial charge in [-0.3, -0.25) is 0 Å². The number of hydrogen-bond donors (Lipinski definition) is 1. The molecule has 9 heteroatoms. The van der Waals surface area contributed by atoms with Gasteiger partial charge < -0.3 is 19.4 Å². The van der Waals surface area contributed by atoms with Crippen LogP contribution in [0.3, 0.4) is 0 Å². The molecule has 0 spiro atoms. The third kappa shape index (κ3) is 6.01. The summed E-state index contributed by atoms with van der Waals surface area (Å²) >= 11 is 6.68. The maximum Gasteiger partial charge on any atom is 0.492 e. The highest BCUT2D eigenvalue weighted by Crippen LogP contribution is 2.39. The first-order valence-corrected chi connectivity index (χ1v) is 11.7. The molecule has 0 aromatic heterocycles. The van der Waals surface area contributed by atoms with Gasteiger partial charge in [-0.2, -0.15) is 0 Å². The molecule has 1 heterocycles. The summed E-state index contributed by atoms with van der Waals surface area (Å²) in [6.07, 6.45) is 1.04. The fourth-order valence-corrected chi connectivity index (χ4v) is 4.31. The summed E-state index contributed by atoms with van der Waals surface area (Å²) in [5.41, 5.74) is 0.602. The minimum atomic E-state index is -0.760. The second-order valence-electron chi connectivity index (χ2n) is 8.51. The number of alkyl carbamates (subject to hydrolysis) is 1. The predicted molar refractivity (Wildman–Crippen MR) is 130 cm³/mol. The third-order valence-corrected chi connectivity index (χ3v) is 6.69. The van der Waals surface area contributed by atoms with Crippen molar-refractivity contribution in [3.8, 4) is 0 Å². The van der Waals surface area contributed by atoms with Gasteiger partial charge in [0.05, 0.1) is 11.2 Å². The van der Waals surface area contributed by atoms with Crippen LogP contribution in [0.1, 0.15) is 38.8 Å². The molecule has 0 radical (unpaired) electrons. The maximum atomic E-state index is 14.7. The number of carbonyl (C=O) groups excluding carboxylic acids is 1. The Morgan fingerprint density at radius 3 is 2.34 bits per heavy atom. The molecule has 0 saturated carbocycles. The van der Waals surface area contributed by atoms with Gasteiger partial charge in [-0.15, -0.1) is 0 Å². The molecule has 1 amide bonds. The SMILES string of the molecule is CC1(C)OB(C(=Cc2c(F)cc(Br)cc2Br)CNC(=O)OCc2ccccc2)OC1(C)C. The Balaban J connectivity index is 1.79. The van der Waals surface area contributed by atoms with E-state index in [0.29, 0.717) is 20.0 Å². The molecular weight excluding hydrogens is 544 g/mol. The van der Waals surface area contributed by atoms with Gasteiger partial charge in [0.1, 0.15) is 12.4 Å². The second-order valence-corrected chi connectivity index (χ2v) is 10.3. The number of rotatable bonds is 6. The zero-order valence-corrected chi connectivity index (χ0v) is 21.5. The molecule has 1 aliphatic heterocycles. The normalized spacial score (nSPS) is 17.3. The Morgan fingerprint density at radius 1 is 1.12 bits per heavy atom. The van der Waals surface area contributed by atoms with Gasteiger partial charge in [0.15, 0.2) is 0 Å². The average molecular weight is 569 g/mol. The Bertz CT molecular complexity index is 975. The van der Waals surface area contributed by atoms with E-state index in [-0.39, 0.29) is 13.2 Å². The molecule has 1 fully saturated rings. The zero-order chi connectivity index (χ0) is 23.5. The molecule has 3 rings (SSSR count). The van der Waals surface area contributed by atoms with Crippen molar-refractivity contribution in [1.82, 2.24) is 5.32 Å². The maximum absolute atomic E-state index is 14.7. The largest absolute Gasteiger partial charge is 0.492 e. The summed E-state index contributed by atoms with van der Waals surface area (Å²) < 4.78 is 33.4. The van der Waals surface area contributed by atoms with Crippen molar-refractivity contribution >= 4 is 51.1 Å². The minimum Gasteiger partial charge on any atom is -0.445 e. The summed E-state index contributed by atoms with van der Waals surface area (Å²) in [4.78, 5) is 12.3. The van der Waals surface area contributed by atoms with Gasteiger partial charge >= 0.3 is 13.2 Å². The first-order valence-electron chi connectivity index (χ1n) is 10.1. The highest BCUT2D eigenvalue weighted by Gasteiger charge is 2.52. The van der Waals surface area contributed by atoms with Crippen LogP contribution >= 0.6 is 31.9 Å². The van der Waals surface area contributed by atoms with Gasteiger partial charge in [-0.1, -0.05) is 68.3 Å². The molecule has 1 aliphatic rings. The molecule has 2 aromatic rings. The summed E-state index contributed by atoms with van der Waals surface area (Å²) in [5.74, 6) is -0.424. The van der Waals surface area contributed by atoms with E-state index in [1.54, 1.807) is 12.1 Å². The second kappa shape index (κ2) is 10.1. The fourth-order valence-electron chi connectivity index (χ4n) is 3.02. The lowest BCUT2D eigenvalue weighted by Gasteiger charge is -2.32. The van der Waals surface area contributed by atoms with Gasteiger partial charge in [-0.25, -0.2) is 9.18 Å². The van der Waals surface area contributed by atoms with E-state index in [1.807, 2.05) is 58.0 Å². The fraction of sp³-hybridized carbons (Fsp3) is 0.348. The predicted octanol–water partition coefficient (Wildman–Crippen LogP) is 6.29. The number of nitrogens with one attached hydrogen (secondary N) is 1. The van der Waals surface area contributed by atoms with E-state index in [2.05, 4.69) is 37.2 Å². The molecular formula is C23H25BBr2FNO4. The Labute approximate surface area is 205 Å². The van der Waals surface area contributed by atoms with Crippen LogP contribution < -0.4 is 5.32 Å². The number of hydrogen-bond acceptors (Lipinski definition) is 4. The van der Waals surface area contributed by atoms with Crippen LogP contribution in [-0.4, -0.2) is 31.0 Å². The van der Waals surface area contributed by atoms with Crippen molar-refractivity contribution in [3.63, 3.8) is 0 Å². The lowest BCUT2D eigenvalue weighted by Crippen LogP contribution is -2.41. The van der Waals surface area contributed by atoms with Crippen LogP contribution in [0.2, 0.25) is 0 Å². The van der Waals surface area contributed by atoms with E-state index in [0.717, 1.165) is 5.56 Å². The van der Waals surface area contributed by atoms with Crippen LogP contribution in [-0.2, 0) is 20.7 Å². The average Bonchev–Trinajstić information content (AvgIpc) is 2.93. The van der Waals surface area contributed by atoms with Crippen molar-refractivity contribution in [3.05, 3.63) is 73.8 Å². The van der Waals surface area contributed by atoms with Crippen molar-refractivity contribution in [2.24, 2.45) is 0 Å². The number of benzene rings is 2. The smallest absolute Gasteiger partial charge is 0.445 e. The van der Waals surface area contributed by atoms with E-state index >= 15 is 0 Å². The van der Waals surface area contributed by atoms with E-state index in [9.17, 15) is 9.18 Å². The van der Waals surface area contributed by atoms with Gasteiger partial charge in [0, 0.05) is 21.1 Å². The van der Waals surface area contributed by atoms with E-state index in [1.165, 1.54) is 6.07 Å². The first-order chi connectivity index (χ1) is 15.0. The molecule has 1 saturated heterocycles. The van der Waals surface area contributed by atoms with Gasteiger partial charge in [0.2, 0.25) is 0 Å². The molecule has 170 valence electrons. The van der Waals surface area contributed by atoms with Crippen LogP contribution in [0, 0.1) is 5.82 Å². The van der Waals surface area contributed by atoms with Gasteiger partial charge in [0.25, 0.3) is 0 Å². The summed E-state index contributed by atoms with van der Waals surface area (Å²) in [6.45, 7) is 7.94. The van der Waals surface area contributed by atoms with Crippen molar-refractivity contribution < 1.29 is 23.2 Å². The Hall–Kier alpha value is -1.68. The standard InChI is InChI=1S/C23H25BBr2FNO4/c1-22(2)23(3,4)32-24(31-22)16(10-18-19(26)11-17(25)12-20(18)27)13-28-21(29)30-14-15-8-6-5-7-9-15/h5-12H,13-14H2,1-4H3,(H,28,29). The van der Waals surface area contributed by atoms with Crippen LogP contribution in [0.4, 0.5) is 9.18 Å². The molecule has 2 aromatic carbocycles. The Morgan fingerprint density at radius 2 is 1.75 bits per heavy atom. The van der Waals surface area contributed by atoms with Crippen molar-refractivity contribution in [2.45, 2.75) is 45.5 Å².